The number of amides is 1. The summed E-state index contributed by atoms with van der Waals surface area (Å²) in [6.07, 6.45) is 0.837. The summed E-state index contributed by atoms with van der Waals surface area (Å²) in [7, 11) is 0. The van der Waals surface area contributed by atoms with Crippen LogP contribution in [-0.2, 0) is 19.0 Å². The molecule has 0 radical (unpaired) electrons. The second kappa shape index (κ2) is 4.72. The Hall–Kier alpha value is -1.09. The Morgan fingerprint density at radius 2 is 2.00 bits per heavy atom. The molecule has 0 unspecified atom stereocenters. The summed E-state index contributed by atoms with van der Waals surface area (Å²) in [5.41, 5.74) is 1.21. The fraction of sp³-hybridized carbons (Fsp3) is 0.222. The third-order valence-corrected chi connectivity index (χ3v) is 1.67. The molecular formula is C9H10NOS-. The molecule has 64 valence electrons. The van der Waals surface area contributed by atoms with Gasteiger partial charge in [0.25, 0.3) is 0 Å². The first-order valence-corrected chi connectivity index (χ1v) is 4.18. The number of rotatable bonds is 3. The monoisotopic (exact) mass is 180 g/mol. The van der Waals surface area contributed by atoms with Gasteiger partial charge in [0.2, 0.25) is 0 Å². The van der Waals surface area contributed by atoms with Gasteiger partial charge in [-0.1, -0.05) is 30.3 Å². The Morgan fingerprint density at radius 3 is 2.58 bits per heavy atom. The molecule has 1 aromatic rings. The summed E-state index contributed by atoms with van der Waals surface area (Å²) < 4.78 is 0. The summed E-state index contributed by atoms with van der Waals surface area (Å²) in [6.45, 7) is 0.617. The van der Waals surface area contributed by atoms with Crippen LogP contribution in [0.1, 0.15) is 5.56 Å². The molecule has 0 bridgehead atoms. The molecular weight excluding hydrogens is 170 g/mol. The maximum absolute atomic E-state index is 10.3. The summed E-state index contributed by atoms with van der Waals surface area (Å²) >= 11 is 4.34. The summed E-state index contributed by atoms with van der Waals surface area (Å²) in [6, 6.07) is 9.97. The van der Waals surface area contributed by atoms with Crippen LogP contribution in [0, 0.1) is 0 Å². The van der Waals surface area contributed by atoms with E-state index in [1.165, 1.54) is 5.56 Å². The number of carbonyl (C=O) groups excluding carboxylic acids is 1. The van der Waals surface area contributed by atoms with Crippen molar-refractivity contribution < 1.29 is 4.79 Å². The van der Waals surface area contributed by atoms with Gasteiger partial charge in [0.15, 0.2) is 0 Å². The molecule has 0 atom stereocenters. The minimum atomic E-state index is -0.383. The Balaban J connectivity index is 2.29. The second-order valence-electron chi connectivity index (χ2n) is 2.45. The van der Waals surface area contributed by atoms with Gasteiger partial charge in [-0.2, -0.15) is 0 Å². The van der Waals surface area contributed by atoms with Crippen LogP contribution in [0.2, 0.25) is 0 Å². The van der Waals surface area contributed by atoms with Crippen molar-refractivity contribution in [2.75, 3.05) is 6.54 Å². The molecule has 3 heteroatoms. The van der Waals surface area contributed by atoms with Crippen molar-refractivity contribution in [1.29, 1.82) is 0 Å². The van der Waals surface area contributed by atoms with Crippen molar-refractivity contribution in [2.24, 2.45) is 0 Å². The van der Waals surface area contributed by atoms with Gasteiger partial charge in [0, 0.05) is 6.54 Å². The number of hydrogen-bond acceptors (Lipinski definition) is 2. The van der Waals surface area contributed by atoms with E-state index >= 15 is 0 Å². The van der Waals surface area contributed by atoms with E-state index in [4.69, 9.17) is 0 Å². The van der Waals surface area contributed by atoms with E-state index in [9.17, 15) is 4.79 Å². The molecule has 1 rings (SSSR count). The molecule has 0 aliphatic rings. The van der Waals surface area contributed by atoms with Crippen LogP contribution in [0.5, 0.6) is 0 Å². The maximum atomic E-state index is 10.3. The third-order valence-electron chi connectivity index (χ3n) is 1.53. The zero-order valence-corrected chi connectivity index (χ0v) is 7.43. The Morgan fingerprint density at radius 1 is 1.33 bits per heavy atom. The number of carbonyl (C=O) groups is 1. The lowest BCUT2D eigenvalue weighted by molar-refractivity contribution is 0.261. The standard InChI is InChI=1S/C9H11NOS/c11-9(12)10-7-6-8-4-2-1-3-5-8/h1-5H,6-7H2,(H2,10,11,12)/p-1. The first-order chi connectivity index (χ1) is 5.79. The molecule has 0 heterocycles. The lowest BCUT2D eigenvalue weighted by atomic mass is 10.2. The molecule has 0 saturated carbocycles. The van der Waals surface area contributed by atoms with Crippen molar-refractivity contribution in [3.63, 3.8) is 0 Å². The maximum Gasteiger partial charge on any atom is 0.0980 e. The average Bonchev–Trinajstić information content (AvgIpc) is 2.05. The largest absolute Gasteiger partial charge is 0.719 e. The lowest BCUT2D eigenvalue weighted by Crippen LogP contribution is -2.21. The minimum absolute atomic E-state index is 0.383. The van der Waals surface area contributed by atoms with Crippen LogP contribution in [-0.4, -0.2) is 11.8 Å². The van der Waals surface area contributed by atoms with Gasteiger partial charge in [0.1, 0.15) is 0 Å². The molecule has 0 aromatic heterocycles. The second-order valence-corrected chi connectivity index (χ2v) is 2.82. The Kier molecular flexibility index (Phi) is 3.54. The van der Waals surface area contributed by atoms with Gasteiger partial charge >= 0.3 is 0 Å². The van der Waals surface area contributed by atoms with Gasteiger partial charge in [0.05, 0.1) is 5.24 Å². The first kappa shape index (κ1) is 9.00. The van der Waals surface area contributed by atoms with E-state index in [0.717, 1.165) is 6.42 Å². The Labute approximate surface area is 77.4 Å². The van der Waals surface area contributed by atoms with E-state index in [-0.39, 0.29) is 5.24 Å². The predicted octanol–water partition coefficient (Wildman–Crippen LogP) is 1.49. The van der Waals surface area contributed by atoms with Gasteiger partial charge in [-0.15, -0.1) is 0 Å². The van der Waals surface area contributed by atoms with Gasteiger partial charge < -0.3 is 22.7 Å². The van der Waals surface area contributed by atoms with Crippen LogP contribution in [0.4, 0.5) is 4.79 Å². The minimum Gasteiger partial charge on any atom is -0.719 e. The average molecular weight is 180 g/mol. The summed E-state index contributed by atoms with van der Waals surface area (Å²) in [4.78, 5) is 10.3. The molecule has 0 fully saturated rings. The van der Waals surface area contributed by atoms with Crippen LogP contribution >= 0.6 is 0 Å². The third kappa shape index (κ3) is 3.34. The molecule has 1 aromatic carbocycles. The molecule has 0 aliphatic heterocycles. The van der Waals surface area contributed by atoms with Crippen molar-refractivity contribution in [3.8, 4) is 0 Å². The fourth-order valence-electron chi connectivity index (χ4n) is 0.954. The van der Waals surface area contributed by atoms with E-state index in [1.807, 2.05) is 30.3 Å². The van der Waals surface area contributed by atoms with Crippen molar-refractivity contribution in [1.82, 2.24) is 5.32 Å². The van der Waals surface area contributed by atoms with Gasteiger partial charge in [-0.25, -0.2) is 0 Å². The molecule has 1 N–H and O–H groups in total. The molecule has 1 amide bonds. The van der Waals surface area contributed by atoms with E-state index in [1.54, 1.807) is 0 Å². The van der Waals surface area contributed by atoms with E-state index in [0.29, 0.717) is 6.54 Å². The Bertz CT molecular complexity index is 248. The number of hydrogen-bond donors (Lipinski definition) is 1. The fourth-order valence-corrected chi connectivity index (χ4v) is 1.06. The highest BCUT2D eigenvalue weighted by Crippen LogP contribution is 1.97. The zero-order valence-electron chi connectivity index (χ0n) is 6.62. The highest BCUT2D eigenvalue weighted by Gasteiger charge is 1.89. The van der Waals surface area contributed by atoms with Gasteiger partial charge in [-0.05, 0) is 12.0 Å². The van der Waals surface area contributed by atoms with E-state index in [2.05, 4.69) is 17.9 Å². The van der Waals surface area contributed by atoms with Crippen LogP contribution in [0.25, 0.3) is 0 Å². The molecule has 0 saturated heterocycles. The smallest absolute Gasteiger partial charge is 0.0980 e. The van der Waals surface area contributed by atoms with Crippen LogP contribution in [0.15, 0.2) is 30.3 Å². The SMILES string of the molecule is O=C([S-])NCCc1ccccc1. The molecule has 0 spiro atoms. The lowest BCUT2D eigenvalue weighted by Gasteiger charge is -2.06. The highest BCUT2D eigenvalue weighted by molar-refractivity contribution is 7.76. The van der Waals surface area contributed by atoms with Crippen molar-refractivity contribution in [2.45, 2.75) is 6.42 Å². The molecule has 2 nitrogen and oxygen atoms in total. The van der Waals surface area contributed by atoms with E-state index < -0.39 is 0 Å². The van der Waals surface area contributed by atoms with Crippen molar-refractivity contribution in [3.05, 3.63) is 35.9 Å². The predicted molar refractivity (Wildman–Crippen MR) is 50.9 cm³/mol. The van der Waals surface area contributed by atoms with Crippen LogP contribution in [0.3, 0.4) is 0 Å². The summed E-state index contributed by atoms with van der Waals surface area (Å²) in [5.74, 6) is 0. The normalized spacial score (nSPS) is 9.33. The summed E-state index contributed by atoms with van der Waals surface area (Å²) in [5, 5.41) is 2.19. The van der Waals surface area contributed by atoms with Crippen LogP contribution < -0.4 is 5.32 Å². The molecule has 12 heavy (non-hydrogen) atoms. The van der Waals surface area contributed by atoms with Gasteiger partial charge in [-0.3, -0.25) is 0 Å². The zero-order chi connectivity index (χ0) is 8.81. The molecule has 0 aliphatic carbocycles. The topological polar surface area (TPSA) is 29.1 Å². The van der Waals surface area contributed by atoms with Crippen molar-refractivity contribution >= 4 is 17.9 Å². The number of nitrogens with one attached hydrogen (secondary N) is 1. The number of benzene rings is 1. The first-order valence-electron chi connectivity index (χ1n) is 3.78. The quantitative estimate of drug-likeness (QED) is 0.714. The highest BCUT2D eigenvalue weighted by atomic mass is 32.1.